The van der Waals surface area contributed by atoms with Crippen LogP contribution in [0.25, 0.3) is 0 Å². The summed E-state index contributed by atoms with van der Waals surface area (Å²) in [4.78, 5) is 23.1. The number of hydrogen-bond donors (Lipinski definition) is 2. The maximum absolute atomic E-state index is 12.8. The van der Waals surface area contributed by atoms with Crippen LogP contribution in [-0.2, 0) is 4.79 Å². The number of hydrazone groups is 1. The highest BCUT2D eigenvalue weighted by Gasteiger charge is 2.22. The Bertz CT molecular complexity index is 965. The number of amides is 1. The first-order valence-corrected chi connectivity index (χ1v) is 8.46. The van der Waals surface area contributed by atoms with Crippen LogP contribution in [0.5, 0.6) is 5.75 Å². The second-order valence-corrected chi connectivity index (χ2v) is 5.99. The van der Waals surface area contributed by atoms with Gasteiger partial charge in [0.2, 0.25) is 0 Å². The fraction of sp³-hybridized carbons (Fsp3) is 0.0476. The van der Waals surface area contributed by atoms with Crippen LogP contribution in [0.3, 0.4) is 0 Å². The predicted molar refractivity (Wildman–Crippen MR) is 105 cm³/mol. The lowest BCUT2D eigenvalue weighted by atomic mass is 9.91. The van der Waals surface area contributed by atoms with E-state index in [1.54, 1.807) is 0 Å². The van der Waals surface area contributed by atoms with Crippen molar-refractivity contribution in [3.8, 4) is 5.75 Å². The van der Waals surface area contributed by atoms with Gasteiger partial charge in [-0.3, -0.25) is 14.9 Å². The van der Waals surface area contributed by atoms with E-state index in [2.05, 4.69) is 10.5 Å². The number of nitrogens with zero attached hydrogens (tertiary/aromatic N) is 2. The monoisotopic (exact) mass is 375 g/mol. The van der Waals surface area contributed by atoms with E-state index < -0.39 is 10.8 Å². The summed E-state index contributed by atoms with van der Waals surface area (Å²) in [5.74, 6) is -1.11. The fourth-order valence-corrected chi connectivity index (χ4v) is 2.78. The molecular formula is C21H17N3O4. The molecule has 0 bridgehead atoms. The number of rotatable bonds is 6. The Balaban J connectivity index is 1.83. The highest BCUT2D eigenvalue weighted by atomic mass is 16.6. The van der Waals surface area contributed by atoms with Gasteiger partial charge in [0.15, 0.2) is 0 Å². The first-order valence-electron chi connectivity index (χ1n) is 8.46. The third kappa shape index (κ3) is 4.39. The minimum atomic E-state index is -0.573. The fourth-order valence-electron chi connectivity index (χ4n) is 2.78. The van der Waals surface area contributed by atoms with Gasteiger partial charge in [-0.2, -0.15) is 5.10 Å². The van der Waals surface area contributed by atoms with Crippen LogP contribution in [0.2, 0.25) is 0 Å². The van der Waals surface area contributed by atoms with Gasteiger partial charge in [0.05, 0.1) is 17.1 Å². The van der Waals surface area contributed by atoms with Crippen LogP contribution in [0.1, 0.15) is 22.6 Å². The zero-order chi connectivity index (χ0) is 19.9. The standard InChI is InChI=1S/C21H17N3O4/c25-19-12-11-18(24(27)28)13-17(19)14-22-23-21(26)20(15-7-3-1-4-8-15)16-9-5-2-6-10-16/h1-14,20,25H,(H,23,26)/b22-14-. The van der Waals surface area contributed by atoms with Gasteiger partial charge in [-0.1, -0.05) is 60.7 Å². The number of carbonyl (C=O) groups excluding carboxylic acids is 1. The lowest BCUT2D eigenvalue weighted by Gasteiger charge is -2.16. The quantitative estimate of drug-likeness (QED) is 0.390. The van der Waals surface area contributed by atoms with Gasteiger partial charge in [0.25, 0.3) is 11.6 Å². The van der Waals surface area contributed by atoms with E-state index in [-0.39, 0.29) is 22.9 Å². The Morgan fingerprint density at radius 2 is 1.57 bits per heavy atom. The van der Waals surface area contributed by atoms with Gasteiger partial charge >= 0.3 is 0 Å². The molecule has 0 atom stereocenters. The van der Waals surface area contributed by atoms with Gasteiger partial charge in [-0.15, -0.1) is 0 Å². The van der Waals surface area contributed by atoms with E-state index >= 15 is 0 Å². The van der Waals surface area contributed by atoms with Crippen LogP contribution >= 0.6 is 0 Å². The molecule has 0 radical (unpaired) electrons. The van der Waals surface area contributed by atoms with Gasteiger partial charge in [-0.05, 0) is 17.2 Å². The summed E-state index contributed by atoms with van der Waals surface area (Å²) >= 11 is 0. The number of carbonyl (C=O) groups is 1. The molecule has 0 aliphatic rings. The van der Waals surface area contributed by atoms with Gasteiger partial charge in [-0.25, -0.2) is 5.43 Å². The summed E-state index contributed by atoms with van der Waals surface area (Å²) in [6.07, 6.45) is 1.17. The molecule has 2 N–H and O–H groups in total. The number of hydrogen-bond acceptors (Lipinski definition) is 5. The molecule has 0 saturated heterocycles. The molecule has 0 aromatic heterocycles. The lowest BCUT2D eigenvalue weighted by molar-refractivity contribution is -0.384. The molecule has 7 nitrogen and oxygen atoms in total. The Morgan fingerprint density at radius 3 is 2.11 bits per heavy atom. The number of phenols is 1. The number of phenolic OH excluding ortho intramolecular Hbond substituents is 1. The number of nitrogens with one attached hydrogen (secondary N) is 1. The van der Waals surface area contributed by atoms with E-state index in [0.717, 1.165) is 11.1 Å². The SMILES string of the molecule is O=C(N/N=C\c1cc([N+](=O)[O-])ccc1O)C(c1ccccc1)c1ccccc1. The number of nitro benzene ring substituents is 1. The molecule has 3 aromatic rings. The maximum Gasteiger partial charge on any atom is 0.270 e. The third-order valence-corrected chi connectivity index (χ3v) is 4.13. The van der Waals surface area contributed by atoms with E-state index in [1.807, 2.05) is 60.7 Å². The van der Waals surface area contributed by atoms with Crippen molar-refractivity contribution < 1.29 is 14.8 Å². The zero-order valence-electron chi connectivity index (χ0n) is 14.7. The molecule has 0 spiro atoms. The van der Waals surface area contributed by atoms with E-state index in [1.165, 1.54) is 24.4 Å². The van der Waals surface area contributed by atoms with Crippen molar-refractivity contribution in [1.29, 1.82) is 0 Å². The van der Waals surface area contributed by atoms with Crippen molar-refractivity contribution >= 4 is 17.8 Å². The van der Waals surface area contributed by atoms with Crippen molar-refractivity contribution in [1.82, 2.24) is 5.43 Å². The number of non-ortho nitro benzene ring substituents is 1. The molecule has 3 rings (SSSR count). The van der Waals surface area contributed by atoms with Gasteiger partial charge in [0.1, 0.15) is 5.75 Å². The van der Waals surface area contributed by atoms with Crippen molar-refractivity contribution in [3.63, 3.8) is 0 Å². The molecule has 3 aromatic carbocycles. The van der Waals surface area contributed by atoms with Crippen molar-refractivity contribution in [2.24, 2.45) is 5.10 Å². The molecule has 0 aliphatic heterocycles. The highest BCUT2D eigenvalue weighted by Crippen LogP contribution is 2.25. The molecule has 0 fully saturated rings. The van der Waals surface area contributed by atoms with E-state index in [9.17, 15) is 20.0 Å². The maximum atomic E-state index is 12.8. The Kier molecular flexibility index (Phi) is 5.76. The number of benzene rings is 3. The minimum Gasteiger partial charge on any atom is -0.507 e. The molecule has 28 heavy (non-hydrogen) atoms. The van der Waals surface area contributed by atoms with Crippen molar-refractivity contribution in [2.75, 3.05) is 0 Å². The van der Waals surface area contributed by atoms with E-state index in [0.29, 0.717) is 0 Å². The molecule has 0 aliphatic carbocycles. The number of nitro groups is 1. The third-order valence-electron chi connectivity index (χ3n) is 4.13. The summed E-state index contributed by atoms with van der Waals surface area (Å²) in [7, 11) is 0. The largest absolute Gasteiger partial charge is 0.507 e. The lowest BCUT2D eigenvalue weighted by Crippen LogP contribution is -2.26. The van der Waals surface area contributed by atoms with Crippen LogP contribution < -0.4 is 5.43 Å². The second-order valence-electron chi connectivity index (χ2n) is 5.99. The van der Waals surface area contributed by atoms with Crippen LogP contribution in [0, 0.1) is 10.1 Å². The Hall–Kier alpha value is -4.00. The number of aromatic hydroxyl groups is 1. The van der Waals surface area contributed by atoms with Crippen LogP contribution in [0.4, 0.5) is 5.69 Å². The van der Waals surface area contributed by atoms with Crippen LogP contribution in [-0.4, -0.2) is 22.2 Å². The first-order chi connectivity index (χ1) is 13.6. The average Bonchev–Trinajstić information content (AvgIpc) is 2.71. The molecule has 140 valence electrons. The second kappa shape index (κ2) is 8.59. The van der Waals surface area contributed by atoms with Gasteiger partial charge < -0.3 is 5.11 Å². The summed E-state index contributed by atoms with van der Waals surface area (Å²) < 4.78 is 0. The topological polar surface area (TPSA) is 105 Å². The Labute approximate surface area is 161 Å². The molecule has 0 heterocycles. The van der Waals surface area contributed by atoms with Crippen molar-refractivity contribution in [3.05, 3.63) is 106 Å². The first kappa shape index (κ1) is 18.8. The summed E-state index contributed by atoms with van der Waals surface area (Å²) in [5.41, 5.74) is 4.01. The predicted octanol–water partition coefficient (Wildman–Crippen LogP) is 3.58. The summed E-state index contributed by atoms with van der Waals surface area (Å²) in [5, 5.41) is 24.5. The molecule has 7 heteroatoms. The van der Waals surface area contributed by atoms with E-state index in [4.69, 9.17) is 0 Å². The van der Waals surface area contributed by atoms with Gasteiger partial charge in [0, 0.05) is 17.7 Å². The molecule has 0 unspecified atom stereocenters. The normalized spacial score (nSPS) is 10.9. The van der Waals surface area contributed by atoms with Crippen LogP contribution in [0.15, 0.2) is 84.0 Å². The molecule has 0 saturated carbocycles. The highest BCUT2D eigenvalue weighted by molar-refractivity contribution is 5.89. The minimum absolute atomic E-state index is 0.130. The average molecular weight is 375 g/mol. The summed E-state index contributed by atoms with van der Waals surface area (Å²) in [6.45, 7) is 0. The summed E-state index contributed by atoms with van der Waals surface area (Å²) in [6, 6.07) is 22.1. The van der Waals surface area contributed by atoms with Crippen molar-refractivity contribution in [2.45, 2.75) is 5.92 Å². The molecular weight excluding hydrogens is 358 g/mol. The Morgan fingerprint density at radius 1 is 1.00 bits per heavy atom. The smallest absolute Gasteiger partial charge is 0.270 e. The molecule has 1 amide bonds. The zero-order valence-corrected chi connectivity index (χ0v) is 14.7.